The second kappa shape index (κ2) is 8.00. The zero-order chi connectivity index (χ0) is 19.3. The van der Waals surface area contributed by atoms with Crippen molar-refractivity contribution in [1.82, 2.24) is 4.90 Å². The number of nitrogens with zero attached hydrogens (tertiary/aromatic N) is 1. The molecule has 0 heterocycles. The molecule has 3 rings (SSSR count). The molecule has 0 saturated carbocycles. The molecular weight excluding hydrogens is 334 g/mol. The Morgan fingerprint density at radius 2 is 1.26 bits per heavy atom. The number of Topliss-reactive ketones (excluding diaryl/α,β-unsaturated/α-hetero) is 1. The van der Waals surface area contributed by atoms with Gasteiger partial charge in [-0.15, -0.1) is 0 Å². The molecule has 3 nitrogen and oxygen atoms in total. The fourth-order valence-electron chi connectivity index (χ4n) is 3.25. The van der Waals surface area contributed by atoms with Gasteiger partial charge in [0, 0.05) is 12.1 Å². The molecular formula is C24H23NO2. The van der Waals surface area contributed by atoms with Gasteiger partial charge in [0.15, 0.2) is 5.78 Å². The second-order valence-electron chi connectivity index (χ2n) is 6.74. The van der Waals surface area contributed by atoms with Crippen LogP contribution in [0.5, 0.6) is 0 Å². The summed E-state index contributed by atoms with van der Waals surface area (Å²) in [4.78, 5) is 28.0. The van der Waals surface area contributed by atoms with Crippen LogP contribution in [-0.2, 0) is 16.9 Å². The molecule has 0 radical (unpaired) electrons. The van der Waals surface area contributed by atoms with Gasteiger partial charge < -0.3 is 4.90 Å². The van der Waals surface area contributed by atoms with Gasteiger partial charge in [0.2, 0.25) is 0 Å². The second-order valence-corrected chi connectivity index (χ2v) is 6.74. The minimum Gasteiger partial charge on any atom is -0.318 e. The molecule has 27 heavy (non-hydrogen) atoms. The summed E-state index contributed by atoms with van der Waals surface area (Å²) in [6.45, 7) is 3.72. The lowest BCUT2D eigenvalue weighted by atomic mass is 9.85. The predicted octanol–water partition coefficient (Wildman–Crippen LogP) is 4.83. The lowest BCUT2D eigenvalue weighted by Crippen LogP contribution is -2.51. The van der Waals surface area contributed by atoms with Gasteiger partial charge in [-0.3, -0.25) is 9.59 Å². The topological polar surface area (TPSA) is 37.4 Å². The molecule has 1 atom stereocenters. The van der Waals surface area contributed by atoms with Gasteiger partial charge in [0.25, 0.3) is 5.91 Å². The van der Waals surface area contributed by atoms with Crippen molar-refractivity contribution < 1.29 is 9.59 Å². The molecule has 0 aliphatic rings. The maximum Gasteiger partial charge on any atom is 0.255 e. The van der Waals surface area contributed by atoms with Gasteiger partial charge in [-0.1, -0.05) is 78.9 Å². The van der Waals surface area contributed by atoms with Crippen LogP contribution in [0.3, 0.4) is 0 Å². The quantitative estimate of drug-likeness (QED) is 0.633. The van der Waals surface area contributed by atoms with Gasteiger partial charge in [0.1, 0.15) is 5.54 Å². The number of rotatable bonds is 6. The first kappa shape index (κ1) is 18.6. The Bertz CT molecular complexity index is 907. The van der Waals surface area contributed by atoms with Crippen molar-refractivity contribution in [2.75, 3.05) is 0 Å². The van der Waals surface area contributed by atoms with Gasteiger partial charge in [-0.2, -0.15) is 0 Å². The van der Waals surface area contributed by atoms with Gasteiger partial charge >= 0.3 is 0 Å². The molecule has 0 aromatic heterocycles. The Morgan fingerprint density at radius 1 is 0.778 bits per heavy atom. The summed E-state index contributed by atoms with van der Waals surface area (Å²) in [5, 5.41) is 0. The van der Waals surface area contributed by atoms with Crippen LogP contribution in [0.25, 0.3) is 0 Å². The fourth-order valence-corrected chi connectivity index (χ4v) is 3.25. The van der Waals surface area contributed by atoms with Crippen molar-refractivity contribution >= 4 is 11.7 Å². The summed E-state index contributed by atoms with van der Waals surface area (Å²) in [5.74, 6) is -0.241. The summed E-state index contributed by atoms with van der Waals surface area (Å²) in [6, 6.07) is 28.4. The summed E-state index contributed by atoms with van der Waals surface area (Å²) in [7, 11) is 0. The van der Waals surface area contributed by atoms with Crippen LogP contribution >= 0.6 is 0 Å². The third kappa shape index (κ3) is 3.82. The van der Waals surface area contributed by atoms with E-state index in [0.717, 1.165) is 11.1 Å². The van der Waals surface area contributed by atoms with E-state index in [4.69, 9.17) is 0 Å². The maximum absolute atomic E-state index is 13.4. The molecule has 136 valence electrons. The van der Waals surface area contributed by atoms with Crippen LogP contribution in [0.15, 0.2) is 91.0 Å². The summed E-state index contributed by atoms with van der Waals surface area (Å²) < 4.78 is 0. The van der Waals surface area contributed by atoms with E-state index >= 15 is 0 Å². The first-order valence-corrected chi connectivity index (χ1v) is 9.01. The van der Waals surface area contributed by atoms with Crippen LogP contribution in [0.4, 0.5) is 0 Å². The van der Waals surface area contributed by atoms with E-state index in [1.54, 1.807) is 24.0 Å². The molecule has 0 bridgehead atoms. The lowest BCUT2D eigenvalue weighted by Gasteiger charge is -2.40. The summed E-state index contributed by atoms with van der Waals surface area (Å²) in [6.07, 6.45) is 0. The van der Waals surface area contributed by atoms with Crippen molar-refractivity contribution in [3.63, 3.8) is 0 Å². The average Bonchev–Trinajstić information content (AvgIpc) is 2.73. The summed E-state index contributed by atoms with van der Waals surface area (Å²) >= 11 is 0. The largest absolute Gasteiger partial charge is 0.318 e. The normalized spacial score (nSPS) is 12.8. The number of hydrogen-bond acceptors (Lipinski definition) is 2. The smallest absolute Gasteiger partial charge is 0.255 e. The Morgan fingerprint density at radius 3 is 1.78 bits per heavy atom. The molecule has 3 aromatic rings. The monoisotopic (exact) mass is 357 g/mol. The molecule has 3 heteroatoms. The highest BCUT2D eigenvalue weighted by Gasteiger charge is 2.41. The van der Waals surface area contributed by atoms with E-state index < -0.39 is 5.54 Å². The van der Waals surface area contributed by atoms with E-state index in [1.807, 2.05) is 85.8 Å². The highest BCUT2D eigenvalue weighted by molar-refractivity contribution is 5.99. The zero-order valence-corrected chi connectivity index (χ0v) is 15.6. The van der Waals surface area contributed by atoms with Crippen molar-refractivity contribution in [3.8, 4) is 0 Å². The van der Waals surface area contributed by atoms with E-state index in [0.29, 0.717) is 12.1 Å². The average molecular weight is 357 g/mol. The third-order valence-electron chi connectivity index (χ3n) is 5.01. The first-order chi connectivity index (χ1) is 13.0. The number of amides is 1. The Kier molecular flexibility index (Phi) is 5.51. The number of hydrogen-bond donors (Lipinski definition) is 0. The minimum absolute atomic E-state index is 0.0751. The van der Waals surface area contributed by atoms with E-state index in [2.05, 4.69) is 0 Å². The molecule has 1 amide bonds. The van der Waals surface area contributed by atoms with E-state index in [-0.39, 0.29) is 11.7 Å². The van der Waals surface area contributed by atoms with Crippen LogP contribution < -0.4 is 0 Å². The Balaban J connectivity index is 2.12. The van der Waals surface area contributed by atoms with Crippen molar-refractivity contribution in [2.24, 2.45) is 0 Å². The van der Waals surface area contributed by atoms with Gasteiger partial charge in [0.05, 0.1) is 0 Å². The van der Waals surface area contributed by atoms with E-state index in [1.165, 1.54) is 0 Å². The van der Waals surface area contributed by atoms with Crippen molar-refractivity contribution in [2.45, 2.75) is 25.9 Å². The van der Waals surface area contributed by atoms with Crippen molar-refractivity contribution in [1.29, 1.82) is 0 Å². The Hall–Kier alpha value is -3.20. The fraction of sp³-hybridized carbons (Fsp3) is 0.167. The Labute approximate surface area is 160 Å². The highest BCUT2D eigenvalue weighted by Crippen LogP contribution is 2.32. The number of carbonyl (C=O) groups excluding carboxylic acids is 2. The summed E-state index contributed by atoms with van der Waals surface area (Å²) in [5.41, 5.74) is 1.28. The zero-order valence-electron chi connectivity index (χ0n) is 15.6. The molecule has 0 aliphatic carbocycles. The predicted molar refractivity (Wildman–Crippen MR) is 107 cm³/mol. The lowest BCUT2D eigenvalue weighted by molar-refractivity contribution is -0.127. The molecule has 0 fully saturated rings. The van der Waals surface area contributed by atoms with Crippen LogP contribution in [-0.4, -0.2) is 16.6 Å². The van der Waals surface area contributed by atoms with Crippen LogP contribution in [0.2, 0.25) is 0 Å². The molecule has 0 N–H and O–H groups in total. The highest BCUT2D eigenvalue weighted by atomic mass is 16.2. The third-order valence-corrected chi connectivity index (χ3v) is 5.01. The minimum atomic E-state index is -1.07. The number of ketones is 1. The van der Waals surface area contributed by atoms with Crippen molar-refractivity contribution in [3.05, 3.63) is 108 Å². The molecule has 0 unspecified atom stereocenters. The molecule has 3 aromatic carbocycles. The maximum atomic E-state index is 13.4. The first-order valence-electron chi connectivity index (χ1n) is 9.01. The number of benzene rings is 3. The molecule has 0 saturated heterocycles. The molecule has 0 aliphatic heterocycles. The standard InChI is InChI=1S/C24H23NO2/c1-19(26)24(2,22-16-10-5-11-17-22)25(18-20-12-6-3-7-13-20)23(27)21-14-8-4-9-15-21/h3-17H,18H2,1-2H3/t24-/m1/s1. The van der Waals surface area contributed by atoms with Gasteiger partial charge in [-0.25, -0.2) is 0 Å². The number of carbonyl (C=O) groups is 2. The molecule has 0 spiro atoms. The SMILES string of the molecule is CC(=O)[C@](C)(c1ccccc1)N(Cc1ccccc1)C(=O)c1ccccc1. The van der Waals surface area contributed by atoms with Gasteiger partial charge in [-0.05, 0) is 37.1 Å². The van der Waals surface area contributed by atoms with Crippen LogP contribution in [0, 0.1) is 0 Å². The van der Waals surface area contributed by atoms with E-state index in [9.17, 15) is 9.59 Å². The van der Waals surface area contributed by atoms with Crippen LogP contribution in [0.1, 0.15) is 35.3 Å².